The van der Waals surface area contributed by atoms with Crippen LogP contribution in [0, 0.1) is 0 Å². The number of ether oxygens (including phenoxy) is 2. The van der Waals surface area contributed by atoms with Gasteiger partial charge in [-0.05, 0) is 30.3 Å². The topological polar surface area (TPSA) is 78.6 Å². The molecule has 0 radical (unpaired) electrons. The van der Waals surface area contributed by atoms with Crippen molar-refractivity contribution < 1.29 is 19.1 Å². The first-order valence-electron chi connectivity index (χ1n) is 6.48. The zero-order valence-corrected chi connectivity index (χ0v) is 12.4. The van der Waals surface area contributed by atoms with E-state index in [4.69, 9.17) is 26.8 Å². The van der Waals surface area contributed by atoms with Gasteiger partial charge in [-0.1, -0.05) is 29.8 Å². The zero-order chi connectivity index (χ0) is 15.9. The first kappa shape index (κ1) is 15.9. The van der Waals surface area contributed by atoms with Crippen LogP contribution in [0.15, 0.2) is 48.5 Å². The molecule has 0 saturated carbocycles. The number of benzene rings is 2. The Hall–Kier alpha value is -2.53. The van der Waals surface area contributed by atoms with E-state index in [1.807, 2.05) is 6.07 Å². The van der Waals surface area contributed by atoms with Crippen LogP contribution in [0.25, 0.3) is 0 Å². The molecule has 2 rings (SSSR count). The van der Waals surface area contributed by atoms with Gasteiger partial charge < -0.3 is 15.2 Å². The van der Waals surface area contributed by atoms with Crippen molar-refractivity contribution in [2.45, 2.75) is 6.61 Å². The Morgan fingerprint density at radius 1 is 1.05 bits per heavy atom. The number of hydrogen-bond acceptors (Lipinski definition) is 4. The maximum atomic E-state index is 11.9. The summed E-state index contributed by atoms with van der Waals surface area (Å²) in [4.78, 5) is 22.5. The fraction of sp³-hybridized carbons (Fsp3) is 0.125. The Balaban J connectivity index is 1.92. The van der Waals surface area contributed by atoms with Gasteiger partial charge in [-0.25, -0.2) is 4.79 Å². The molecule has 2 N–H and O–H groups in total. The Morgan fingerprint density at radius 2 is 1.73 bits per heavy atom. The van der Waals surface area contributed by atoms with Crippen LogP contribution >= 0.6 is 11.6 Å². The van der Waals surface area contributed by atoms with Gasteiger partial charge in [0.2, 0.25) is 0 Å². The lowest BCUT2D eigenvalue weighted by molar-refractivity contribution is -0.119. The quantitative estimate of drug-likeness (QED) is 0.830. The molecule has 0 bridgehead atoms. The molecule has 0 atom stereocenters. The second kappa shape index (κ2) is 7.47. The van der Waals surface area contributed by atoms with Gasteiger partial charge in [-0.15, -0.1) is 0 Å². The van der Waals surface area contributed by atoms with Crippen molar-refractivity contribution in [3.63, 3.8) is 0 Å². The van der Waals surface area contributed by atoms with E-state index in [1.54, 1.807) is 42.5 Å². The van der Waals surface area contributed by atoms with Crippen molar-refractivity contribution in [3.05, 3.63) is 64.7 Å². The summed E-state index contributed by atoms with van der Waals surface area (Å²) in [5.41, 5.74) is 6.09. The minimum absolute atomic E-state index is 0.0957. The number of carbonyl (C=O) groups is 2. The highest BCUT2D eigenvalue weighted by Crippen LogP contribution is 2.17. The molecule has 1 amide bonds. The fourth-order valence-corrected chi connectivity index (χ4v) is 1.87. The summed E-state index contributed by atoms with van der Waals surface area (Å²) in [5, 5.41) is 0.547. The summed E-state index contributed by atoms with van der Waals surface area (Å²) in [7, 11) is 0. The highest BCUT2D eigenvalue weighted by molar-refractivity contribution is 6.31. The van der Waals surface area contributed by atoms with E-state index in [1.165, 1.54) is 0 Å². The Labute approximate surface area is 132 Å². The number of esters is 1. The number of nitrogens with two attached hydrogens (primary N) is 1. The summed E-state index contributed by atoms with van der Waals surface area (Å²) in [5.74, 6) is -0.592. The monoisotopic (exact) mass is 319 g/mol. The van der Waals surface area contributed by atoms with Gasteiger partial charge in [0.05, 0.1) is 5.56 Å². The molecule has 0 aliphatic rings. The molecule has 6 heteroatoms. The second-order valence-corrected chi connectivity index (χ2v) is 4.85. The van der Waals surface area contributed by atoms with Crippen molar-refractivity contribution in [2.24, 2.45) is 5.73 Å². The van der Waals surface area contributed by atoms with Gasteiger partial charge in [0, 0.05) is 10.6 Å². The lowest BCUT2D eigenvalue weighted by atomic mass is 10.2. The number of carbonyl (C=O) groups excluding carboxylic acids is 2. The molecular weight excluding hydrogens is 306 g/mol. The van der Waals surface area contributed by atoms with Gasteiger partial charge in [0.25, 0.3) is 5.91 Å². The molecule has 0 saturated heterocycles. The normalized spacial score (nSPS) is 10.0. The van der Waals surface area contributed by atoms with Gasteiger partial charge in [0.15, 0.2) is 6.61 Å². The highest BCUT2D eigenvalue weighted by Gasteiger charge is 2.09. The average molecular weight is 320 g/mol. The minimum Gasteiger partial charge on any atom is -0.484 e. The SMILES string of the molecule is NC(=O)COc1ccc(C(=O)OCc2ccccc2Cl)cc1. The number of halogens is 1. The van der Waals surface area contributed by atoms with Gasteiger partial charge in [-0.2, -0.15) is 0 Å². The van der Waals surface area contributed by atoms with Crippen LogP contribution in [0.1, 0.15) is 15.9 Å². The molecule has 0 heterocycles. The van der Waals surface area contributed by atoms with Crippen molar-refractivity contribution in [1.82, 2.24) is 0 Å². The van der Waals surface area contributed by atoms with Crippen molar-refractivity contribution >= 4 is 23.5 Å². The van der Waals surface area contributed by atoms with Crippen LogP contribution in [0.5, 0.6) is 5.75 Å². The third kappa shape index (κ3) is 4.49. The number of primary amides is 1. The lowest BCUT2D eigenvalue weighted by Gasteiger charge is -2.07. The predicted octanol–water partition coefficient (Wildman–Crippen LogP) is 2.56. The molecule has 0 aliphatic carbocycles. The molecule has 5 nitrogen and oxygen atoms in total. The molecule has 0 spiro atoms. The fourth-order valence-electron chi connectivity index (χ4n) is 1.68. The zero-order valence-electron chi connectivity index (χ0n) is 11.6. The summed E-state index contributed by atoms with van der Waals surface area (Å²) in [6, 6.07) is 13.4. The summed E-state index contributed by atoms with van der Waals surface area (Å²) in [6.07, 6.45) is 0. The molecule has 0 aromatic heterocycles. The van der Waals surface area contributed by atoms with E-state index < -0.39 is 11.9 Å². The van der Waals surface area contributed by atoms with Crippen LogP contribution in [0.3, 0.4) is 0 Å². The van der Waals surface area contributed by atoms with E-state index in [0.29, 0.717) is 16.3 Å². The summed E-state index contributed by atoms with van der Waals surface area (Å²) < 4.78 is 10.3. The third-order valence-electron chi connectivity index (χ3n) is 2.79. The Kier molecular flexibility index (Phi) is 5.38. The van der Waals surface area contributed by atoms with E-state index >= 15 is 0 Å². The molecule has 0 unspecified atom stereocenters. The molecule has 114 valence electrons. The molecule has 0 fully saturated rings. The lowest BCUT2D eigenvalue weighted by Crippen LogP contribution is -2.20. The summed E-state index contributed by atoms with van der Waals surface area (Å²) in [6.45, 7) is -0.116. The Morgan fingerprint density at radius 3 is 2.36 bits per heavy atom. The standard InChI is InChI=1S/C16H14ClNO4/c17-14-4-2-1-3-12(14)9-22-16(20)11-5-7-13(8-6-11)21-10-15(18)19/h1-8H,9-10H2,(H2,18,19). The molecule has 0 aliphatic heterocycles. The first-order valence-corrected chi connectivity index (χ1v) is 6.86. The average Bonchev–Trinajstić information content (AvgIpc) is 2.52. The number of rotatable bonds is 6. The van der Waals surface area contributed by atoms with Crippen molar-refractivity contribution in [1.29, 1.82) is 0 Å². The second-order valence-electron chi connectivity index (χ2n) is 4.45. The largest absolute Gasteiger partial charge is 0.484 e. The van der Waals surface area contributed by atoms with Crippen molar-refractivity contribution in [2.75, 3.05) is 6.61 Å². The van der Waals surface area contributed by atoms with Gasteiger partial charge >= 0.3 is 5.97 Å². The van der Waals surface area contributed by atoms with E-state index in [9.17, 15) is 9.59 Å². The molecule has 22 heavy (non-hydrogen) atoms. The maximum Gasteiger partial charge on any atom is 0.338 e. The van der Waals surface area contributed by atoms with E-state index in [-0.39, 0.29) is 13.2 Å². The van der Waals surface area contributed by atoms with Crippen LogP contribution in [0.4, 0.5) is 0 Å². The molecule has 2 aromatic carbocycles. The third-order valence-corrected chi connectivity index (χ3v) is 3.16. The van der Waals surface area contributed by atoms with Gasteiger partial charge in [0.1, 0.15) is 12.4 Å². The Bertz CT molecular complexity index is 670. The highest BCUT2D eigenvalue weighted by atomic mass is 35.5. The minimum atomic E-state index is -0.566. The molecular formula is C16H14ClNO4. The van der Waals surface area contributed by atoms with E-state index in [2.05, 4.69) is 0 Å². The van der Waals surface area contributed by atoms with Crippen LogP contribution < -0.4 is 10.5 Å². The van der Waals surface area contributed by atoms with Crippen molar-refractivity contribution in [3.8, 4) is 5.75 Å². The van der Waals surface area contributed by atoms with Crippen LogP contribution in [-0.4, -0.2) is 18.5 Å². The number of amides is 1. The maximum absolute atomic E-state index is 11.9. The van der Waals surface area contributed by atoms with Crippen LogP contribution in [0.2, 0.25) is 5.02 Å². The van der Waals surface area contributed by atoms with Crippen LogP contribution in [-0.2, 0) is 16.1 Å². The first-order chi connectivity index (χ1) is 10.6. The predicted molar refractivity (Wildman–Crippen MR) is 81.7 cm³/mol. The smallest absolute Gasteiger partial charge is 0.338 e. The molecule has 2 aromatic rings. The summed E-state index contributed by atoms with van der Waals surface area (Å²) >= 11 is 5.99. The van der Waals surface area contributed by atoms with E-state index in [0.717, 1.165) is 5.56 Å². The van der Waals surface area contributed by atoms with Gasteiger partial charge in [-0.3, -0.25) is 4.79 Å². The number of hydrogen-bond donors (Lipinski definition) is 1.